The second-order valence-electron chi connectivity index (χ2n) is 3.71. The van der Waals surface area contributed by atoms with Gasteiger partial charge in [-0.15, -0.1) is 9.78 Å². The van der Waals surface area contributed by atoms with Crippen LogP contribution in [0.25, 0.3) is 5.82 Å². The summed E-state index contributed by atoms with van der Waals surface area (Å²) in [5.41, 5.74) is 0.00427. The maximum absolute atomic E-state index is 11.8. The van der Waals surface area contributed by atoms with Gasteiger partial charge in [0.25, 0.3) is 0 Å². The van der Waals surface area contributed by atoms with E-state index in [1.165, 1.54) is 19.3 Å². The van der Waals surface area contributed by atoms with Crippen molar-refractivity contribution >= 4 is 15.9 Å². The zero-order valence-corrected chi connectivity index (χ0v) is 11.7. The van der Waals surface area contributed by atoms with Gasteiger partial charge in [-0.2, -0.15) is 4.68 Å². The molecule has 3 aromatic heterocycles. The van der Waals surface area contributed by atoms with Crippen LogP contribution < -0.4 is 10.4 Å². The van der Waals surface area contributed by atoms with E-state index in [4.69, 9.17) is 10.7 Å². The molecule has 0 unspecified atom stereocenters. The van der Waals surface area contributed by atoms with Gasteiger partial charge in [0, 0.05) is 19.3 Å². The Hall–Kier alpha value is -2.43. The number of ether oxygens (including phenoxy) is 1. The fourth-order valence-electron chi connectivity index (χ4n) is 1.46. The number of aromatic amines is 1. The lowest BCUT2D eigenvalue weighted by atomic mass is 10.3. The quantitative estimate of drug-likeness (QED) is 0.709. The highest BCUT2D eigenvalue weighted by molar-refractivity contribution is 9.10. The van der Waals surface area contributed by atoms with E-state index in [1.54, 1.807) is 0 Å². The summed E-state index contributed by atoms with van der Waals surface area (Å²) in [4.78, 5) is 11.8. The van der Waals surface area contributed by atoms with E-state index < -0.39 is 5.69 Å². The van der Waals surface area contributed by atoms with Gasteiger partial charge < -0.3 is 9.26 Å². The molecule has 0 radical (unpaired) electrons. The van der Waals surface area contributed by atoms with Crippen LogP contribution in [0.3, 0.4) is 0 Å². The average Bonchev–Trinajstić information content (AvgIpc) is 3.11. The monoisotopic (exact) mass is 343 g/mol. The van der Waals surface area contributed by atoms with Crippen molar-refractivity contribution in [1.29, 1.82) is 0 Å². The predicted octanol–water partition coefficient (Wildman–Crippen LogP) is 0.0186. The molecule has 0 aliphatic heterocycles. The van der Waals surface area contributed by atoms with Crippen molar-refractivity contribution in [3.05, 3.63) is 33.0 Å². The number of H-pyrrole nitrogens is 1. The Bertz CT molecular complexity index is 835. The first-order valence-electron chi connectivity index (χ1n) is 5.82. The Kier molecular flexibility index (Phi) is 2.81. The van der Waals surface area contributed by atoms with Crippen molar-refractivity contribution < 1.29 is 10.7 Å². The van der Waals surface area contributed by atoms with Crippen molar-refractivity contribution in [3.63, 3.8) is 0 Å². The molecule has 104 valence electrons. The van der Waals surface area contributed by atoms with Gasteiger partial charge in [0.05, 0.1) is 5.56 Å². The lowest BCUT2D eigenvalue weighted by Gasteiger charge is -2.01. The molecule has 0 aliphatic carbocycles. The smallest absolute Gasteiger partial charge is 0.369 e. The fraction of sp³-hybridized carbons (Fsp3) is 0.222. The van der Waals surface area contributed by atoms with Gasteiger partial charge in [-0.1, -0.05) is 5.16 Å². The highest BCUT2D eigenvalue weighted by Gasteiger charge is 2.20. The second-order valence-corrected chi connectivity index (χ2v) is 4.43. The normalized spacial score (nSPS) is 11.6. The molecule has 0 saturated heterocycles. The minimum atomic E-state index is -0.465. The largest absolute Gasteiger partial charge is 0.471 e. The van der Waals surface area contributed by atoms with Crippen molar-refractivity contribution in [3.8, 4) is 11.7 Å². The number of halogens is 1. The number of aryl methyl sites for hydroxylation is 1. The second kappa shape index (κ2) is 4.92. The summed E-state index contributed by atoms with van der Waals surface area (Å²) in [6.45, 7) is 0.0272. The van der Waals surface area contributed by atoms with Crippen LogP contribution in [0.1, 0.15) is 5.56 Å². The molecule has 1 N–H and O–H groups in total. The molecule has 3 rings (SSSR count). The van der Waals surface area contributed by atoms with Crippen LogP contribution in [0.5, 0.6) is 5.88 Å². The molecule has 0 atom stereocenters. The lowest BCUT2D eigenvalue weighted by Crippen LogP contribution is -2.23. The summed E-state index contributed by atoms with van der Waals surface area (Å²) in [6.07, 6.45) is 1.42. The first kappa shape index (κ1) is 11.4. The van der Waals surface area contributed by atoms with Crippen LogP contribution in [0, 0.1) is 0 Å². The van der Waals surface area contributed by atoms with Crippen LogP contribution in [0.4, 0.5) is 0 Å². The summed E-state index contributed by atoms with van der Waals surface area (Å²) >= 11 is 3.18. The van der Waals surface area contributed by atoms with E-state index in [0.29, 0.717) is 10.2 Å². The van der Waals surface area contributed by atoms with Crippen molar-refractivity contribution in [2.45, 2.75) is 6.61 Å². The van der Waals surface area contributed by atoms with Crippen LogP contribution >= 0.6 is 15.9 Å². The molecular weight excluding hydrogens is 334 g/mol. The molecule has 3 aromatic rings. The Labute approximate surface area is 120 Å². The fourth-order valence-corrected chi connectivity index (χ4v) is 1.82. The summed E-state index contributed by atoms with van der Waals surface area (Å²) in [5, 5.41) is 15.7. The highest BCUT2D eigenvalue weighted by atomic mass is 79.9. The zero-order valence-electron chi connectivity index (χ0n) is 11.1. The van der Waals surface area contributed by atoms with Gasteiger partial charge >= 0.3 is 5.69 Å². The topological polar surface area (TPSA) is 117 Å². The van der Waals surface area contributed by atoms with Gasteiger partial charge in [-0.3, -0.25) is 5.09 Å². The first-order valence-corrected chi connectivity index (χ1v) is 6.16. The van der Waals surface area contributed by atoms with Gasteiger partial charge in [0.15, 0.2) is 1.41 Å². The summed E-state index contributed by atoms with van der Waals surface area (Å²) < 4.78 is 20.0. The molecule has 0 aliphatic rings. The standard InChI is InChI=1S/C9H8BrN7O3/c1-16-9(18)17(15-14-16)8-5(7(10)20-13-8)4-19-6-2-3-11-12-6/h2-3H,4H2,1H3,(H,11,12)/i/hT. The van der Waals surface area contributed by atoms with Crippen molar-refractivity contribution in [2.75, 3.05) is 0 Å². The molecule has 0 spiro atoms. The minimum absolute atomic E-state index is 0.0272. The number of aromatic nitrogens is 7. The third-order valence-electron chi connectivity index (χ3n) is 2.45. The van der Waals surface area contributed by atoms with E-state index in [0.717, 1.165) is 14.5 Å². The molecular formula is C9H8BrN7O3. The lowest BCUT2D eigenvalue weighted by molar-refractivity contribution is 0.289. The molecule has 0 bridgehead atoms. The number of nitrogens with one attached hydrogen (secondary N) is 1. The third kappa shape index (κ3) is 2.11. The van der Waals surface area contributed by atoms with Gasteiger partial charge in [0.2, 0.25) is 16.4 Å². The molecule has 0 aromatic carbocycles. The van der Waals surface area contributed by atoms with Gasteiger partial charge in [-0.25, -0.2) is 4.79 Å². The first-order chi connectivity index (χ1) is 10.1. The van der Waals surface area contributed by atoms with Crippen molar-refractivity contribution in [1.82, 2.24) is 35.1 Å². The highest BCUT2D eigenvalue weighted by Crippen LogP contribution is 2.23. The van der Waals surface area contributed by atoms with Crippen molar-refractivity contribution in [2.24, 2.45) is 7.05 Å². The van der Waals surface area contributed by atoms with E-state index >= 15 is 0 Å². The summed E-state index contributed by atoms with van der Waals surface area (Å²) in [5.74, 6) is 0.431. The third-order valence-corrected chi connectivity index (χ3v) is 3.07. The Morgan fingerprint density at radius 2 is 2.45 bits per heavy atom. The molecule has 20 heavy (non-hydrogen) atoms. The molecule has 3 heterocycles. The van der Waals surface area contributed by atoms with Crippen LogP contribution in [0.2, 0.25) is 1.41 Å². The molecule has 0 fully saturated rings. The van der Waals surface area contributed by atoms with Crippen LogP contribution in [-0.2, 0) is 13.7 Å². The number of rotatable bonds is 4. The van der Waals surface area contributed by atoms with E-state index in [9.17, 15) is 4.79 Å². The van der Waals surface area contributed by atoms with Gasteiger partial charge in [-0.05, 0) is 26.4 Å². The number of nitrogens with zero attached hydrogens (tertiary/aromatic N) is 6. The minimum Gasteiger partial charge on any atom is -0.471 e. The number of tetrazole rings is 1. The molecule has 0 amide bonds. The SMILES string of the molecule is [3H]n1ccc(OCc2c(-n3nnn(C)c3=O)noc2Br)n1. The molecule has 11 heteroatoms. The Morgan fingerprint density at radius 1 is 1.60 bits per heavy atom. The predicted molar refractivity (Wildman–Crippen MR) is 67.3 cm³/mol. The Balaban J connectivity index is 1.90. The number of hydrogen-bond donors (Lipinski definition) is 1. The summed E-state index contributed by atoms with van der Waals surface area (Å²) in [7, 11) is 1.47. The maximum Gasteiger partial charge on any atom is 0.369 e. The molecule has 10 nitrogen and oxygen atoms in total. The van der Waals surface area contributed by atoms with E-state index in [2.05, 4.69) is 36.6 Å². The summed E-state index contributed by atoms with van der Waals surface area (Å²) in [6, 6.07) is 1.53. The van der Waals surface area contributed by atoms with Gasteiger partial charge in [0.1, 0.15) is 6.61 Å². The van der Waals surface area contributed by atoms with Crippen LogP contribution in [0.15, 0.2) is 26.3 Å². The zero-order chi connectivity index (χ0) is 15.0. The number of hydrogen-bond acceptors (Lipinski definition) is 7. The van der Waals surface area contributed by atoms with E-state index in [1.807, 2.05) is 0 Å². The maximum atomic E-state index is 11.8. The molecule has 0 saturated carbocycles. The Morgan fingerprint density at radius 3 is 3.10 bits per heavy atom. The van der Waals surface area contributed by atoms with E-state index in [-0.39, 0.29) is 18.3 Å². The average molecular weight is 344 g/mol. The van der Waals surface area contributed by atoms with Crippen LogP contribution in [-0.4, -0.2) is 35.1 Å².